The highest BCUT2D eigenvalue weighted by Gasteiger charge is 2.23. The van der Waals surface area contributed by atoms with Crippen LogP contribution < -0.4 is 4.90 Å². The van der Waals surface area contributed by atoms with Gasteiger partial charge in [0.05, 0.1) is 13.2 Å². The van der Waals surface area contributed by atoms with Gasteiger partial charge in [-0.15, -0.1) is 0 Å². The Morgan fingerprint density at radius 3 is 2.56 bits per heavy atom. The summed E-state index contributed by atoms with van der Waals surface area (Å²) >= 11 is 0. The Morgan fingerprint density at radius 2 is 1.94 bits per heavy atom. The van der Waals surface area contributed by atoms with Crippen molar-refractivity contribution in [1.29, 1.82) is 0 Å². The van der Waals surface area contributed by atoms with Gasteiger partial charge in [-0.1, -0.05) is 30.5 Å². The minimum atomic E-state index is 0.0612. The molecule has 0 saturated heterocycles. The highest BCUT2D eigenvalue weighted by Crippen LogP contribution is 2.30. The number of hydrogen-bond donors (Lipinski definition) is 2. The smallest absolute Gasteiger partial charge is 0.0702 e. The van der Waals surface area contributed by atoms with Crippen molar-refractivity contribution < 1.29 is 10.2 Å². The van der Waals surface area contributed by atoms with Gasteiger partial charge in [0, 0.05) is 23.8 Å². The fraction of sp³-hybridized carbons (Fsp3) is 0.600. The monoisotopic (exact) mass is 249 g/mol. The number of aliphatic hydroxyl groups is 2. The molecule has 0 heterocycles. The lowest BCUT2D eigenvalue weighted by Gasteiger charge is -2.32. The van der Waals surface area contributed by atoms with E-state index in [9.17, 15) is 10.2 Å². The van der Waals surface area contributed by atoms with E-state index < -0.39 is 0 Å². The lowest BCUT2D eigenvalue weighted by atomic mass is 10.1. The van der Waals surface area contributed by atoms with E-state index in [0.717, 1.165) is 16.8 Å². The number of benzene rings is 1. The molecule has 0 amide bonds. The molecule has 0 atom stereocenters. The number of aryl methyl sites for hydroxylation is 1. The fourth-order valence-electron chi connectivity index (χ4n) is 2.94. The van der Waals surface area contributed by atoms with Crippen LogP contribution in [0.25, 0.3) is 0 Å². The Balaban J connectivity index is 2.28. The van der Waals surface area contributed by atoms with Gasteiger partial charge in [0.2, 0.25) is 0 Å². The molecule has 3 heteroatoms. The zero-order valence-corrected chi connectivity index (χ0v) is 11.1. The van der Waals surface area contributed by atoms with Gasteiger partial charge in [0.1, 0.15) is 0 Å². The van der Waals surface area contributed by atoms with Crippen LogP contribution in [0.5, 0.6) is 0 Å². The molecule has 1 aromatic rings. The molecule has 0 bridgehead atoms. The third-order valence-corrected chi connectivity index (χ3v) is 3.82. The molecule has 1 fully saturated rings. The van der Waals surface area contributed by atoms with Crippen molar-refractivity contribution in [2.45, 2.75) is 45.3 Å². The van der Waals surface area contributed by atoms with Gasteiger partial charge in [0.15, 0.2) is 0 Å². The molecule has 1 saturated carbocycles. The predicted octanol–water partition coefficient (Wildman–Crippen LogP) is 2.23. The summed E-state index contributed by atoms with van der Waals surface area (Å²) in [5, 5.41) is 18.8. The number of hydrogen-bond acceptors (Lipinski definition) is 3. The summed E-state index contributed by atoms with van der Waals surface area (Å²) in [5.41, 5.74) is 3.22. The Bertz CT molecular complexity index is 386. The second-order valence-electron chi connectivity index (χ2n) is 5.15. The van der Waals surface area contributed by atoms with Crippen molar-refractivity contribution in [1.82, 2.24) is 0 Å². The lowest BCUT2D eigenvalue weighted by Crippen LogP contribution is -2.36. The summed E-state index contributed by atoms with van der Waals surface area (Å²) < 4.78 is 0. The summed E-state index contributed by atoms with van der Waals surface area (Å²) in [6, 6.07) is 6.71. The molecule has 3 nitrogen and oxygen atoms in total. The molecule has 0 spiro atoms. The van der Waals surface area contributed by atoms with E-state index >= 15 is 0 Å². The van der Waals surface area contributed by atoms with E-state index in [1.807, 2.05) is 13.0 Å². The minimum Gasteiger partial charge on any atom is -0.395 e. The molecule has 0 unspecified atom stereocenters. The molecule has 0 aromatic heterocycles. The van der Waals surface area contributed by atoms with Gasteiger partial charge >= 0.3 is 0 Å². The maximum atomic E-state index is 9.51. The van der Waals surface area contributed by atoms with Crippen LogP contribution in [0.3, 0.4) is 0 Å². The van der Waals surface area contributed by atoms with E-state index in [4.69, 9.17) is 0 Å². The molecule has 2 N–H and O–H groups in total. The van der Waals surface area contributed by atoms with Gasteiger partial charge in [-0.3, -0.25) is 0 Å². The summed E-state index contributed by atoms with van der Waals surface area (Å²) in [5.74, 6) is 0. The second-order valence-corrected chi connectivity index (χ2v) is 5.15. The van der Waals surface area contributed by atoms with Gasteiger partial charge < -0.3 is 15.1 Å². The zero-order chi connectivity index (χ0) is 13.0. The van der Waals surface area contributed by atoms with Crippen molar-refractivity contribution in [3.63, 3.8) is 0 Å². The highest BCUT2D eigenvalue weighted by atomic mass is 16.3. The molecule has 1 aromatic carbocycles. The maximum absolute atomic E-state index is 9.51. The van der Waals surface area contributed by atoms with Crippen LogP contribution >= 0.6 is 0 Å². The molecule has 18 heavy (non-hydrogen) atoms. The topological polar surface area (TPSA) is 43.7 Å². The van der Waals surface area contributed by atoms with Gasteiger partial charge in [-0.05, 0) is 25.8 Å². The lowest BCUT2D eigenvalue weighted by molar-refractivity contribution is 0.279. The molecule has 1 aliphatic rings. The first kappa shape index (κ1) is 13.4. The van der Waals surface area contributed by atoms with Crippen LogP contribution in [0, 0.1) is 6.92 Å². The van der Waals surface area contributed by atoms with E-state index in [-0.39, 0.29) is 13.2 Å². The minimum absolute atomic E-state index is 0.0612. The zero-order valence-electron chi connectivity index (χ0n) is 11.1. The Labute approximate surface area is 109 Å². The number of rotatable bonds is 5. The number of nitrogens with zero attached hydrogens (tertiary/aromatic N) is 1. The SMILES string of the molecule is Cc1ccc(N(CCO)C2CCCC2)c(CO)c1. The van der Waals surface area contributed by atoms with Crippen molar-refractivity contribution in [2.24, 2.45) is 0 Å². The van der Waals surface area contributed by atoms with Crippen molar-refractivity contribution in [2.75, 3.05) is 18.1 Å². The van der Waals surface area contributed by atoms with E-state index in [0.29, 0.717) is 12.6 Å². The molecule has 2 rings (SSSR count). The molecular formula is C15H23NO2. The molecule has 100 valence electrons. The van der Waals surface area contributed by atoms with Gasteiger partial charge in [0.25, 0.3) is 0 Å². The Kier molecular flexibility index (Phi) is 4.61. The first-order valence-electron chi connectivity index (χ1n) is 6.84. The second kappa shape index (κ2) is 6.21. The summed E-state index contributed by atoms with van der Waals surface area (Å²) in [4.78, 5) is 2.28. The summed E-state index contributed by atoms with van der Waals surface area (Å²) in [6.07, 6.45) is 4.93. The van der Waals surface area contributed by atoms with Crippen molar-refractivity contribution in [3.8, 4) is 0 Å². The highest BCUT2D eigenvalue weighted by molar-refractivity contribution is 5.55. The number of aliphatic hydroxyl groups excluding tert-OH is 2. The predicted molar refractivity (Wildman–Crippen MR) is 73.8 cm³/mol. The van der Waals surface area contributed by atoms with E-state index in [1.54, 1.807) is 0 Å². The molecule has 0 radical (unpaired) electrons. The molecule has 1 aliphatic carbocycles. The van der Waals surface area contributed by atoms with Crippen LogP contribution in [0.4, 0.5) is 5.69 Å². The maximum Gasteiger partial charge on any atom is 0.0702 e. The van der Waals surface area contributed by atoms with Crippen LogP contribution in [0.2, 0.25) is 0 Å². The fourth-order valence-corrected chi connectivity index (χ4v) is 2.94. The average Bonchev–Trinajstić information content (AvgIpc) is 2.90. The van der Waals surface area contributed by atoms with E-state index in [1.165, 1.54) is 25.7 Å². The molecular weight excluding hydrogens is 226 g/mol. The Morgan fingerprint density at radius 1 is 1.22 bits per heavy atom. The van der Waals surface area contributed by atoms with Crippen molar-refractivity contribution >= 4 is 5.69 Å². The normalized spacial score (nSPS) is 16.2. The van der Waals surface area contributed by atoms with Crippen molar-refractivity contribution in [3.05, 3.63) is 29.3 Å². The van der Waals surface area contributed by atoms with Crippen LogP contribution in [-0.2, 0) is 6.61 Å². The van der Waals surface area contributed by atoms with Crippen LogP contribution in [0.1, 0.15) is 36.8 Å². The first-order chi connectivity index (χ1) is 8.76. The quantitative estimate of drug-likeness (QED) is 0.841. The summed E-state index contributed by atoms with van der Waals surface area (Å²) in [6.45, 7) is 2.91. The molecule has 0 aliphatic heterocycles. The Hall–Kier alpha value is -1.06. The largest absolute Gasteiger partial charge is 0.395 e. The van der Waals surface area contributed by atoms with Gasteiger partial charge in [-0.2, -0.15) is 0 Å². The van der Waals surface area contributed by atoms with E-state index in [2.05, 4.69) is 17.0 Å². The number of anilines is 1. The van der Waals surface area contributed by atoms with Crippen LogP contribution in [-0.4, -0.2) is 29.4 Å². The van der Waals surface area contributed by atoms with Crippen LogP contribution in [0.15, 0.2) is 18.2 Å². The third-order valence-electron chi connectivity index (χ3n) is 3.82. The third kappa shape index (κ3) is 2.85. The summed E-state index contributed by atoms with van der Waals surface area (Å²) in [7, 11) is 0. The standard InChI is InChI=1S/C15H23NO2/c1-12-6-7-15(13(10-12)11-18)16(8-9-17)14-4-2-3-5-14/h6-7,10,14,17-18H,2-5,8-9,11H2,1H3. The average molecular weight is 249 g/mol. The van der Waals surface area contributed by atoms with Gasteiger partial charge in [-0.25, -0.2) is 0 Å². The first-order valence-corrected chi connectivity index (χ1v) is 6.84.